The average Bonchev–Trinajstić information content (AvgIpc) is 2.48. The highest BCUT2D eigenvalue weighted by Crippen LogP contribution is 2.07. The maximum Gasteiger partial charge on any atom is 0.227 e. The van der Waals surface area contributed by atoms with Gasteiger partial charge in [-0.3, -0.25) is 4.99 Å². The van der Waals surface area contributed by atoms with Crippen LogP contribution in [0.5, 0.6) is 0 Å². The van der Waals surface area contributed by atoms with E-state index >= 15 is 0 Å². The van der Waals surface area contributed by atoms with Crippen molar-refractivity contribution >= 4 is 12.1 Å². The zero-order chi connectivity index (χ0) is 14.8. The van der Waals surface area contributed by atoms with Crippen molar-refractivity contribution in [1.29, 1.82) is 0 Å². The standard InChI is InChI=1S/C16H20N2O2/c1-5-19-14(3)13(2)18-11-16(17-4)20-12-15-9-7-6-8-10-15/h6-11H,2-3,5,12H2,1,4H3. The molecule has 1 rings (SSSR count). The molecule has 0 radical (unpaired) electrons. The van der Waals surface area contributed by atoms with Crippen LogP contribution >= 0.6 is 0 Å². The zero-order valence-electron chi connectivity index (χ0n) is 12.0. The van der Waals surface area contributed by atoms with Crippen LogP contribution in [-0.4, -0.2) is 25.8 Å². The third-order valence-corrected chi connectivity index (χ3v) is 2.42. The Balaban J connectivity index is 2.51. The molecule has 4 nitrogen and oxygen atoms in total. The molecule has 1 aromatic carbocycles. The van der Waals surface area contributed by atoms with Gasteiger partial charge in [0.25, 0.3) is 0 Å². The Labute approximate surface area is 120 Å². The lowest BCUT2D eigenvalue weighted by atomic mass is 10.2. The number of hydrogen-bond acceptors (Lipinski definition) is 4. The summed E-state index contributed by atoms with van der Waals surface area (Å²) in [5.74, 6) is 0.876. The van der Waals surface area contributed by atoms with Gasteiger partial charge in [0.1, 0.15) is 12.4 Å². The van der Waals surface area contributed by atoms with E-state index < -0.39 is 0 Å². The first kappa shape index (κ1) is 15.7. The van der Waals surface area contributed by atoms with Crippen LogP contribution < -0.4 is 0 Å². The van der Waals surface area contributed by atoms with Crippen molar-refractivity contribution in [2.24, 2.45) is 9.98 Å². The van der Waals surface area contributed by atoms with Crippen LogP contribution in [0.3, 0.4) is 0 Å². The molecular weight excluding hydrogens is 252 g/mol. The molecule has 4 heteroatoms. The van der Waals surface area contributed by atoms with E-state index in [2.05, 4.69) is 23.1 Å². The molecule has 0 aliphatic heterocycles. The first-order valence-corrected chi connectivity index (χ1v) is 6.36. The van der Waals surface area contributed by atoms with Crippen LogP contribution in [0.1, 0.15) is 12.5 Å². The van der Waals surface area contributed by atoms with Gasteiger partial charge >= 0.3 is 0 Å². The Hall–Kier alpha value is -2.36. The van der Waals surface area contributed by atoms with Gasteiger partial charge in [0.15, 0.2) is 0 Å². The molecule has 0 saturated carbocycles. The van der Waals surface area contributed by atoms with Gasteiger partial charge in [-0.15, -0.1) is 0 Å². The minimum absolute atomic E-state index is 0.430. The smallest absolute Gasteiger partial charge is 0.227 e. The fourth-order valence-corrected chi connectivity index (χ4v) is 1.35. The second-order valence-corrected chi connectivity index (χ2v) is 3.90. The van der Waals surface area contributed by atoms with E-state index in [1.807, 2.05) is 37.3 Å². The Morgan fingerprint density at radius 3 is 2.50 bits per heavy atom. The predicted octanol–water partition coefficient (Wildman–Crippen LogP) is 3.37. The summed E-state index contributed by atoms with van der Waals surface area (Å²) in [5.41, 5.74) is 1.52. The van der Waals surface area contributed by atoms with E-state index in [4.69, 9.17) is 9.47 Å². The molecule has 0 aromatic heterocycles. The Kier molecular flexibility index (Phi) is 6.82. The summed E-state index contributed by atoms with van der Waals surface area (Å²) in [5, 5.41) is 0. The summed E-state index contributed by atoms with van der Waals surface area (Å²) < 4.78 is 10.8. The predicted molar refractivity (Wildman–Crippen MR) is 83.0 cm³/mol. The molecule has 106 valence electrons. The first-order valence-electron chi connectivity index (χ1n) is 6.36. The molecule has 0 fully saturated rings. The Morgan fingerprint density at radius 2 is 1.90 bits per heavy atom. The van der Waals surface area contributed by atoms with E-state index in [0.29, 0.717) is 30.6 Å². The third kappa shape index (κ3) is 5.52. The molecule has 0 heterocycles. The van der Waals surface area contributed by atoms with E-state index in [-0.39, 0.29) is 0 Å². The summed E-state index contributed by atoms with van der Waals surface area (Å²) in [6.45, 7) is 10.3. The van der Waals surface area contributed by atoms with Crippen molar-refractivity contribution in [2.75, 3.05) is 13.7 Å². The van der Waals surface area contributed by atoms with Crippen molar-refractivity contribution in [1.82, 2.24) is 0 Å². The fourth-order valence-electron chi connectivity index (χ4n) is 1.35. The van der Waals surface area contributed by atoms with Crippen LogP contribution in [0.4, 0.5) is 0 Å². The molecule has 0 aliphatic carbocycles. The lowest BCUT2D eigenvalue weighted by Crippen LogP contribution is -2.07. The number of hydrogen-bond donors (Lipinski definition) is 0. The van der Waals surface area contributed by atoms with E-state index in [1.54, 1.807) is 7.05 Å². The highest BCUT2D eigenvalue weighted by atomic mass is 16.5. The SMILES string of the molecule is C=C(N=CC(=NC)OCc1ccccc1)C(=C)OCC. The van der Waals surface area contributed by atoms with Crippen LogP contribution in [0.15, 0.2) is 64.9 Å². The monoisotopic (exact) mass is 272 g/mol. The van der Waals surface area contributed by atoms with E-state index in [1.165, 1.54) is 6.21 Å². The summed E-state index contributed by atoms with van der Waals surface area (Å²) in [7, 11) is 1.65. The van der Waals surface area contributed by atoms with Gasteiger partial charge in [0.2, 0.25) is 5.90 Å². The average molecular weight is 272 g/mol. The molecular formula is C16H20N2O2. The van der Waals surface area contributed by atoms with Crippen molar-refractivity contribution < 1.29 is 9.47 Å². The minimum Gasteiger partial charge on any atom is -0.492 e. The number of rotatable bonds is 7. The maximum atomic E-state index is 5.56. The van der Waals surface area contributed by atoms with Gasteiger partial charge in [-0.25, -0.2) is 4.99 Å². The lowest BCUT2D eigenvalue weighted by molar-refractivity contribution is 0.239. The van der Waals surface area contributed by atoms with Gasteiger partial charge in [-0.05, 0) is 12.5 Å². The molecule has 1 aromatic rings. The van der Waals surface area contributed by atoms with Gasteiger partial charge in [-0.1, -0.05) is 43.5 Å². The number of nitrogens with zero attached hydrogens (tertiary/aromatic N) is 2. The molecule has 0 aliphatic rings. The molecule has 0 bridgehead atoms. The van der Waals surface area contributed by atoms with Gasteiger partial charge in [0, 0.05) is 7.05 Å². The Bertz CT molecular complexity index is 504. The number of benzene rings is 1. The van der Waals surface area contributed by atoms with Crippen molar-refractivity contribution in [3.8, 4) is 0 Å². The van der Waals surface area contributed by atoms with E-state index in [9.17, 15) is 0 Å². The molecule has 0 amide bonds. The summed E-state index contributed by atoms with van der Waals surface area (Å²) >= 11 is 0. The lowest BCUT2D eigenvalue weighted by Gasteiger charge is -2.07. The minimum atomic E-state index is 0.430. The van der Waals surface area contributed by atoms with Crippen LogP contribution in [0, 0.1) is 0 Å². The normalized spacial score (nSPS) is 11.4. The molecule has 0 unspecified atom stereocenters. The van der Waals surface area contributed by atoms with Crippen LogP contribution in [0.2, 0.25) is 0 Å². The second-order valence-electron chi connectivity index (χ2n) is 3.90. The highest BCUT2D eigenvalue weighted by molar-refractivity contribution is 6.26. The third-order valence-electron chi connectivity index (χ3n) is 2.42. The fraction of sp³-hybridized carbons (Fsp3) is 0.250. The second kappa shape index (κ2) is 8.69. The number of aliphatic imine (C=N–C) groups is 2. The Morgan fingerprint density at radius 1 is 1.20 bits per heavy atom. The topological polar surface area (TPSA) is 43.2 Å². The first-order chi connectivity index (χ1) is 9.67. The largest absolute Gasteiger partial charge is 0.492 e. The summed E-state index contributed by atoms with van der Waals surface area (Å²) in [4.78, 5) is 8.14. The zero-order valence-corrected chi connectivity index (χ0v) is 12.0. The maximum absolute atomic E-state index is 5.56. The quantitative estimate of drug-likeness (QED) is 0.330. The summed E-state index contributed by atoms with van der Waals surface area (Å²) in [6.07, 6.45) is 1.51. The molecule has 0 saturated heterocycles. The van der Waals surface area contributed by atoms with Gasteiger partial charge in [0.05, 0.1) is 18.5 Å². The van der Waals surface area contributed by atoms with Gasteiger partial charge in [-0.2, -0.15) is 0 Å². The molecule has 0 N–H and O–H groups in total. The van der Waals surface area contributed by atoms with Crippen molar-refractivity contribution in [3.05, 3.63) is 60.5 Å². The van der Waals surface area contributed by atoms with E-state index in [0.717, 1.165) is 5.56 Å². The molecule has 20 heavy (non-hydrogen) atoms. The highest BCUT2D eigenvalue weighted by Gasteiger charge is 2.00. The van der Waals surface area contributed by atoms with Gasteiger partial charge < -0.3 is 9.47 Å². The van der Waals surface area contributed by atoms with Crippen LogP contribution in [0.25, 0.3) is 0 Å². The van der Waals surface area contributed by atoms with Crippen molar-refractivity contribution in [2.45, 2.75) is 13.5 Å². The summed E-state index contributed by atoms with van der Waals surface area (Å²) in [6, 6.07) is 9.86. The number of ether oxygens (including phenoxy) is 2. The molecule has 0 spiro atoms. The van der Waals surface area contributed by atoms with Crippen molar-refractivity contribution in [3.63, 3.8) is 0 Å². The molecule has 0 atom stereocenters. The van der Waals surface area contributed by atoms with Crippen LogP contribution in [-0.2, 0) is 16.1 Å².